The largest absolute Gasteiger partial charge is 0.494 e. The summed E-state index contributed by atoms with van der Waals surface area (Å²) >= 11 is 0. The van der Waals surface area contributed by atoms with E-state index in [9.17, 15) is 9.18 Å². The predicted octanol–water partition coefficient (Wildman–Crippen LogP) is 2.38. The number of rotatable bonds is 3. The number of hydrogen-bond acceptors (Lipinski definition) is 3. The topological polar surface area (TPSA) is 34.5 Å². The Balaban J connectivity index is 2.59. The van der Waals surface area contributed by atoms with E-state index in [0.717, 1.165) is 0 Å². The van der Waals surface area contributed by atoms with Gasteiger partial charge in [-0.05, 0) is 33.2 Å². The van der Waals surface area contributed by atoms with Crippen molar-refractivity contribution < 1.29 is 13.9 Å². The van der Waals surface area contributed by atoms with Gasteiger partial charge in [-0.25, -0.2) is 4.39 Å². The van der Waals surface area contributed by atoms with Gasteiger partial charge in [0.05, 0.1) is 18.7 Å². The Kier molecular flexibility index (Phi) is 3.57. The van der Waals surface area contributed by atoms with Gasteiger partial charge in [0.1, 0.15) is 11.6 Å². The summed E-state index contributed by atoms with van der Waals surface area (Å²) < 4.78 is 20.1. The molecule has 1 heterocycles. The molecule has 0 aliphatic rings. The maximum absolute atomic E-state index is 13.4. The lowest BCUT2D eigenvalue weighted by atomic mass is 10.2. The third kappa shape index (κ3) is 2.33. The number of fused-ring (bicyclic) bond motifs is 1. The van der Waals surface area contributed by atoms with Crippen molar-refractivity contribution in [2.24, 2.45) is 0 Å². The van der Waals surface area contributed by atoms with E-state index in [4.69, 9.17) is 4.74 Å². The van der Waals surface area contributed by atoms with Crippen molar-refractivity contribution in [3.63, 3.8) is 0 Å². The Morgan fingerprint density at radius 2 is 2.11 bits per heavy atom. The van der Waals surface area contributed by atoms with Gasteiger partial charge in [0.15, 0.2) is 0 Å². The smallest absolute Gasteiger partial charge is 0.248 e. The summed E-state index contributed by atoms with van der Waals surface area (Å²) in [6.07, 6.45) is 1.65. The zero-order chi connectivity index (χ0) is 14.2. The Labute approximate surface area is 111 Å². The van der Waals surface area contributed by atoms with Crippen LogP contribution in [-0.4, -0.2) is 42.6 Å². The fourth-order valence-electron chi connectivity index (χ4n) is 1.97. The van der Waals surface area contributed by atoms with E-state index < -0.39 is 0 Å². The molecule has 0 aliphatic carbocycles. The highest BCUT2D eigenvalue weighted by atomic mass is 19.1. The van der Waals surface area contributed by atoms with E-state index in [-0.39, 0.29) is 17.8 Å². The van der Waals surface area contributed by atoms with Gasteiger partial charge < -0.3 is 4.74 Å². The molecule has 1 aromatic heterocycles. The first-order valence-corrected chi connectivity index (χ1v) is 6.01. The number of carbonyl (C=O) groups is 1. The number of halogens is 1. The molecule has 1 atom stereocenters. The second kappa shape index (κ2) is 5.01. The highest BCUT2D eigenvalue weighted by Crippen LogP contribution is 2.28. The molecule has 0 spiro atoms. The van der Waals surface area contributed by atoms with Crippen molar-refractivity contribution in [2.45, 2.75) is 13.0 Å². The van der Waals surface area contributed by atoms with E-state index in [1.807, 2.05) is 25.9 Å². The van der Waals surface area contributed by atoms with Gasteiger partial charge in [-0.2, -0.15) is 0 Å². The Morgan fingerprint density at radius 3 is 2.68 bits per heavy atom. The van der Waals surface area contributed by atoms with Crippen molar-refractivity contribution >= 4 is 16.8 Å². The molecule has 0 amide bonds. The summed E-state index contributed by atoms with van der Waals surface area (Å²) in [5, 5.41) is 0.649. The Bertz CT molecular complexity index is 619. The van der Waals surface area contributed by atoms with Crippen LogP contribution in [0.5, 0.6) is 5.75 Å². The number of benzene rings is 1. The molecular formula is C14H17FN2O2. The van der Waals surface area contributed by atoms with Crippen LogP contribution in [0.3, 0.4) is 0 Å². The molecular weight excluding hydrogens is 247 g/mol. The van der Waals surface area contributed by atoms with E-state index in [0.29, 0.717) is 16.7 Å². The molecule has 4 nitrogen and oxygen atoms in total. The highest BCUT2D eigenvalue weighted by molar-refractivity contribution is 5.97. The normalized spacial score (nSPS) is 12.9. The van der Waals surface area contributed by atoms with Gasteiger partial charge in [-0.3, -0.25) is 14.3 Å². The minimum atomic E-state index is -0.379. The van der Waals surface area contributed by atoms with Crippen LogP contribution in [0.1, 0.15) is 11.7 Å². The SMILES string of the molecule is COc1cc(F)cc2ccn(C(=O)[C@H](C)N(C)C)c12. The zero-order valence-electron chi connectivity index (χ0n) is 11.5. The molecule has 0 aliphatic heterocycles. The molecule has 0 unspecified atom stereocenters. The third-order valence-corrected chi connectivity index (χ3v) is 3.30. The van der Waals surface area contributed by atoms with Crippen LogP contribution in [0, 0.1) is 5.82 Å². The number of carbonyl (C=O) groups excluding carboxylic acids is 1. The standard InChI is InChI=1S/C14H17FN2O2/c1-9(16(2)3)14(18)17-6-5-10-7-11(15)8-12(19-4)13(10)17/h5-9H,1-4H3/t9-/m0/s1. The Hall–Kier alpha value is -1.88. The summed E-state index contributed by atoms with van der Waals surface area (Å²) in [6.45, 7) is 1.82. The van der Waals surface area contributed by atoms with Crippen LogP contribution in [-0.2, 0) is 0 Å². The summed E-state index contributed by atoms with van der Waals surface area (Å²) in [6, 6.07) is 4.11. The summed E-state index contributed by atoms with van der Waals surface area (Å²) in [5.41, 5.74) is 0.600. The quantitative estimate of drug-likeness (QED) is 0.853. The molecule has 0 N–H and O–H groups in total. The number of aromatic nitrogens is 1. The van der Waals surface area contributed by atoms with Crippen LogP contribution >= 0.6 is 0 Å². The third-order valence-electron chi connectivity index (χ3n) is 3.30. The summed E-state index contributed by atoms with van der Waals surface area (Å²) in [7, 11) is 5.14. The maximum atomic E-state index is 13.4. The second-order valence-electron chi connectivity index (χ2n) is 4.71. The van der Waals surface area contributed by atoms with Crippen molar-refractivity contribution in [3.05, 3.63) is 30.2 Å². The molecule has 0 saturated heterocycles. The monoisotopic (exact) mass is 264 g/mol. The van der Waals surface area contributed by atoms with Gasteiger partial charge in [-0.1, -0.05) is 0 Å². The average molecular weight is 264 g/mol. The van der Waals surface area contributed by atoms with Crippen LogP contribution in [0.15, 0.2) is 24.4 Å². The molecule has 5 heteroatoms. The predicted molar refractivity (Wildman–Crippen MR) is 72.2 cm³/mol. The van der Waals surface area contributed by atoms with Gasteiger partial charge in [0.25, 0.3) is 0 Å². The zero-order valence-corrected chi connectivity index (χ0v) is 11.5. The number of methoxy groups -OCH3 is 1. The molecule has 2 aromatic rings. The number of hydrogen-bond donors (Lipinski definition) is 0. The highest BCUT2D eigenvalue weighted by Gasteiger charge is 2.20. The number of ether oxygens (including phenoxy) is 1. The first-order chi connectivity index (χ1) is 8.95. The molecule has 2 rings (SSSR count). The van der Waals surface area contributed by atoms with E-state index in [1.165, 1.54) is 23.8 Å². The molecule has 1 aromatic carbocycles. The van der Waals surface area contributed by atoms with Crippen molar-refractivity contribution in [1.82, 2.24) is 9.47 Å². The Morgan fingerprint density at radius 1 is 1.42 bits per heavy atom. The number of likely N-dealkylation sites (N-methyl/N-ethyl adjacent to an activating group) is 1. The molecule has 0 fully saturated rings. The van der Waals surface area contributed by atoms with Gasteiger partial charge in [0, 0.05) is 17.6 Å². The van der Waals surface area contributed by atoms with Crippen molar-refractivity contribution in [3.8, 4) is 5.75 Å². The van der Waals surface area contributed by atoms with E-state index >= 15 is 0 Å². The molecule has 0 bridgehead atoms. The van der Waals surface area contributed by atoms with Gasteiger partial charge >= 0.3 is 0 Å². The fraction of sp³-hybridized carbons (Fsp3) is 0.357. The molecule has 0 radical (unpaired) electrons. The number of nitrogens with zero attached hydrogens (tertiary/aromatic N) is 2. The van der Waals surface area contributed by atoms with Crippen LogP contribution in [0.4, 0.5) is 4.39 Å². The van der Waals surface area contributed by atoms with Crippen LogP contribution in [0.25, 0.3) is 10.9 Å². The molecule has 102 valence electrons. The lowest BCUT2D eigenvalue weighted by Crippen LogP contribution is -2.36. The first kappa shape index (κ1) is 13.5. The lowest BCUT2D eigenvalue weighted by molar-refractivity contribution is 0.0809. The van der Waals surface area contributed by atoms with Crippen LogP contribution in [0.2, 0.25) is 0 Å². The first-order valence-electron chi connectivity index (χ1n) is 6.01. The second-order valence-corrected chi connectivity index (χ2v) is 4.71. The van der Waals surface area contributed by atoms with Crippen LogP contribution < -0.4 is 4.74 Å². The van der Waals surface area contributed by atoms with Crippen molar-refractivity contribution in [2.75, 3.05) is 21.2 Å². The van der Waals surface area contributed by atoms with E-state index in [2.05, 4.69) is 0 Å². The summed E-state index contributed by atoms with van der Waals surface area (Å²) in [4.78, 5) is 14.2. The van der Waals surface area contributed by atoms with Gasteiger partial charge in [0.2, 0.25) is 5.91 Å². The molecule has 19 heavy (non-hydrogen) atoms. The lowest BCUT2D eigenvalue weighted by Gasteiger charge is -2.19. The van der Waals surface area contributed by atoms with Gasteiger partial charge in [-0.15, -0.1) is 0 Å². The maximum Gasteiger partial charge on any atom is 0.248 e. The minimum absolute atomic E-state index is 0.0788. The summed E-state index contributed by atoms with van der Waals surface area (Å²) in [5.74, 6) is -0.0978. The van der Waals surface area contributed by atoms with Crippen molar-refractivity contribution in [1.29, 1.82) is 0 Å². The van der Waals surface area contributed by atoms with E-state index in [1.54, 1.807) is 12.3 Å². The average Bonchev–Trinajstić information content (AvgIpc) is 2.79. The minimum Gasteiger partial charge on any atom is -0.494 e. The fourth-order valence-corrected chi connectivity index (χ4v) is 1.97. The molecule has 0 saturated carbocycles.